The third-order valence-corrected chi connectivity index (χ3v) is 6.92. The van der Waals surface area contributed by atoms with Crippen LogP contribution < -0.4 is 10.5 Å². The van der Waals surface area contributed by atoms with Crippen LogP contribution in [0.1, 0.15) is 25.1 Å². The summed E-state index contributed by atoms with van der Waals surface area (Å²) in [5.41, 5.74) is 5.87. The number of hydrogen-bond donors (Lipinski definition) is 0. The molecule has 5 heterocycles. The number of anilines is 1. The smallest absolute Gasteiger partial charge is 0.255 e. The van der Waals surface area contributed by atoms with Crippen molar-refractivity contribution in [3.05, 3.63) is 88.7 Å². The van der Waals surface area contributed by atoms with Gasteiger partial charge in [0.05, 0.1) is 17.1 Å². The van der Waals surface area contributed by atoms with Crippen LogP contribution in [0.3, 0.4) is 0 Å². The van der Waals surface area contributed by atoms with Crippen molar-refractivity contribution in [2.24, 2.45) is 11.3 Å². The van der Waals surface area contributed by atoms with Gasteiger partial charge in [-0.05, 0) is 54.7 Å². The molecular weight excluding hydrogens is 436 g/mol. The molecule has 35 heavy (non-hydrogen) atoms. The van der Waals surface area contributed by atoms with E-state index in [1.54, 1.807) is 24.7 Å². The number of fused-ring (bicyclic) bond motifs is 2. The van der Waals surface area contributed by atoms with Gasteiger partial charge in [-0.3, -0.25) is 24.3 Å². The van der Waals surface area contributed by atoms with Crippen molar-refractivity contribution in [2.75, 3.05) is 18.0 Å². The lowest BCUT2D eigenvalue weighted by Crippen LogP contribution is -2.49. The molecule has 0 saturated heterocycles. The third kappa shape index (κ3) is 4.22. The standard InChI is InChI=1S/C28H28N6O/c1-28(2)17-33(27-32-25(15-26(35)34(27)18-28)20-8-11-29-12-9-20)16-19-13-21-6-7-23(31-24(21)14-19)22-5-3-4-10-30-22/h3-12,15,19H,13-14,16-18H2,1-2H3. The van der Waals surface area contributed by atoms with Crippen LogP contribution in [0.2, 0.25) is 0 Å². The molecule has 0 radical (unpaired) electrons. The fourth-order valence-electron chi connectivity index (χ4n) is 5.41. The Labute approximate surface area is 204 Å². The molecule has 7 nitrogen and oxygen atoms in total. The summed E-state index contributed by atoms with van der Waals surface area (Å²) < 4.78 is 1.84. The Bertz CT molecular complexity index is 1430. The molecule has 0 aromatic carbocycles. The quantitative estimate of drug-likeness (QED) is 0.454. The van der Waals surface area contributed by atoms with Crippen LogP contribution in [0.15, 0.2) is 71.9 Å². The monoisotopic (exact) mass is 464 g/mol. The van der Waals surface area contributed by atoms with Crippen molar-refractivity contribution in [3.8, 4) is 22.6 Å². The molecule has 6 rings (SSSR count). The van der Waals surface area contributed by atoms with Gasteiger partial charge in [0.2, 0.25) is 5.95 Å². The van der Waals surface area contributed by atoms with Gasteiger partial charge in [0.15, 0.2) is 0 Å². The van der Waals surface area contributed by atoms with Crippen LogP contribution >= 0.6 is 0 Å². The van der Waals surface area contributed by atoms with Gasteiger partial charge in [0.25, 0.3) is 5.56 Å². The third-order valence-electron chi connectivity index (χ3n) is 6.92. The minimum Gasteiger partial charge on any atom is -0.341 e. The fourth-order valence-corrected chi connectivity index (χ4v) is 5.41. The summed E-state index contributed by atoms with van der Waals surface area (Å²) in [6, 6.07) is 15.6. The zero-order chi connectivity index (χ0) is 24.0. The molecule has 4 aromatic heterocycles. The molecule has 1 aliphatic carbocycles. The first-order valence-corrected chi connectivity index (χ1v) is 12.1. The van der Waals surface area contributed by atoms with Crippen molar-refractivity contribution < 1.29 is 0 Å². The second kappa shape index (κ2) is 8.41. The number of hydrogen-bond acceptors (Lipinski definition) is 6. The summed E-state index contributed by atoms with van der Waals surface area (Å²) in [6.07, 6.45) is 7.17. The van der Waals surface area contributed by atoms with E-state index >= 15 is 0 Å². The van der Waals surface area contributed by atoms with Crippen LogP contribution in [0.25, 0.3) is 22.6 Å². The molecule has 176 valence electrons. The van der Waals surface area contributed by atoms with Crippen molar-refractivity contribution in [3.63, 3.8) is 0 Å². The van der Waals surface area contributed by atoms with Crippen LogP contribution in [0.4, 0.5) is 5.95 Å². The Morgan fingerprint density at radius 3 is 2.57 bits per heavy atom. The first kappa shape index (κ1) is 21.6. The second-order valence-corrected chi connectivity index (χ2v) is 10.4. The lowest BCUT2D eigenvalue weighted by molar-refractivity contribution is 0.268. The number of rotatable bonds is 4. The predicted molar refractivity (Wildman–Crippen MR) is 136 cm³/mol. The first-order chi connectivity index (χ1) is 16.9. The lowest BCUT2D eigenvalue weighted by Gasteiger charge is -2.41. The van der Waals surface area contributed by atoms with Crippen molar-refractivity contribution in [1.29, 1.82) is 0 Å². The van der Waals surface area contributed by atoms with Gasteiger partial charge in [0.1, 0.15) is 0 Å². The van der Waals surface area contributed by atoms with E-state index < -0.39 is 0 Å². The molecule has 1 unspecified atom stereocenters. The molecule has 0 bridgehead atoms. The normalized spacial score (nSPS) is 18.2. The summed E-state index contributed by atoms with van der Waals surface area (Å²) in [7, 11) is 0. The average Bonchev–Trinajstić information content (AvgIpc) is 3.27. The van der Waals surface area contributed by atoms with Crippen LogP contribution in [-0.2, 0) is 19.4 Å². The molecule has 4 aromatic rings. The summed E-state index contributed by atoms with van der Waals surface area (Å²) in [4.78, 5) is 33.9. The SMILES string of the molecule is CC1(C)CN(CC2Cc3ccc(-c4ccccn4)nc3C2)c2nc(-c3ccncc3)cc(=O)n2C1. The van der Waals surface area contributed by atoms with Crippen LogP contribution in [0, 0.1) is 11.3 Å². The van der Waals surface area contributed by atoms with E-state index in [4.69, 9.17) is 9.97 Å². The summed E-state index contributed by atoms with van der Waals surface area (Å²) in [5, 5.41) is 0. The highest BCUT2D eigenvalue weighted by atomic mass is 16.1. The van der Waals surface area contributed by atoms with E-state index in [0.29, 0.717) is 18.2 Å². The van der Waals surface area contributed by atoms with Crippen LogP contribution in [-0.4, -0.2) is 37.6 Å². The van der Waals surface area contributed by atoms with E-state index in [0.717, 1.165) is 54.5 Å². The highest BCUT2D eigenvalue weighted by Crippen LogP contribution is 2.34. The van der Waals surface area contributed by atoms with E-state index in [1.807, 2.05) is 34.9 Å². The van der Waals surface area contributed by atoms with E-state index in [2.05, 4.69) is 40.8 Å². The highest BCUT2D eigenvalue weighted by molar-refractivity contribution is 5.60. The van der Waals surface area contributed by atoms with Crippen molar-refractivity contribution >= 4 is 5.95 Å². The first-order valence-electron chi connectivity index (χ1n) is 12.1. The van der Waals surface area contributed by atoms with Gasteiger partial charge in [-0.1, -0.05) is 26.0 Å². The molecular formula is C28H28N6O. The Balaban J connectivity index is 1.29. The summed E-state index contributed by atoms with van der Waals surface area (Å²) >= 11 is 0. The molecule has 0 fully saturated rings. The number of pyridine rings is 3. The molecule has 0 saturated carbocycles. The predicted octanol–water partition coefficient (Wildman–Crippen LogP) is 4.02. The van der Waals surface area contributed by atoms with Gasteiger partial charge in [0, 0.05) is 61.0 Å². The fraction of sp³-hybridized carbons (Fsp3) is 0.321. The molecule has 0 amide bonds. The minimum absolute atomic E-state index is 0.00374. The zero-order valence-electron chi connectivity index (χ0n) is 20.1. The largest absolute Gasteiger partial charge is 0.341 e. The molecule has 0 spiro atoms. The molecule has 1 aliphatic heterocycles. The maximum atomic E-state index is 13.1. The van der Waals surface area contributed by atoms with Gasteiger partial charge in [-0.25, -0.2) is 4.98 Å². The Hall–Kier alpha value is -3.87. The van der Waals surface area contributed by atoms with Crippen molar-refractivity contribution in [2.45, 2.75) is 33.2 Å². The molecule has 0 N–H and O–H groups in total. The zero-order valence-corrected chi connectivity index (χ0v) is 20.1. The lowest BCUT2D eigenvalue weighted by atomic mass is 9.90. The van der Waals surface area contributed by atoms with Crippen molar-refractivity contribution in [1.82, 2.24) is 24.5 Å². The van der Waals surface area contributed by atoms with Gasteiger partial charge < -0.3 is 4.90 Å². The topological polar surface area (TPSA) is 76.8 Å². The Kier molecular flexibility index (Phi) is 5.20. The number of nitrogens with zero attached hydrogens (tertiary/aromatic N) is 6. The Morgan fingerprint density at radius 1 is 0.914 bits per heavy atom. The molecule has 1 atom stereocenters. The highest BCUT2D eigenvalue weighted by Gasteiger charge is 2.35. The summed E-state index contributed by atoms with van der Waals surface area (Å²) in [5.74, 6) is 1.18. The van der Waals surface area contributed by atoms with Gasteiger partial charge in [-0.15, -0.1) is 0 Å². The maximum absolute atomic E-state index is 13.1. The summed E-state index contributed by atoms with van der Waals surface area (Å²) in [6.45, 7) is 6.80. The molecule has 7 heteroatoms. The molecule has 2 aliphatic rings. The van der Waals surface area contributed by atoms with E-state index in [-0.39, 0.29) is 11.0 Å². The average molecular weight is 465 g/mol. The Morgan fingerprint density at radius 2 is 1.77 bits per heavy atom. The second-order valence-electron chi connectivity index (χ2n) is 10.4. The van der Waals surface area contributed by atoms with Crippen LogP contribution in [0.5, 0.6) is 0 Å². The minimum atomic E-state index is -0.0213. The van der Waals surface area contributed by atoms with E-state index in [1.165, 1.54) is 5.56 Å². The van der Waals surface area contributed by atoms with Gasteiger partial charge in [-0.2, -0.15) is 0 Å². The maximum Gasteiger partial charge on any atom is 0.255 e. The van der Waals surface area contributed by atoms with Gasteiger partial charge >= 0.3 is 0 Å². The van der Waals surface area contributed by atoms with E-state index in [9.17, 15) is 4.79 Å². The number of aromatic nitrogens is 5.